The molecule has 1 amide bonds. The van der Waals surface area contributed by atoms with Gasteiger partial charge in [-0.3, -0.25) is 14.7 Å². The molecule has 2 aromatic rings. The molecule has 1 aromatic carbocycles. The number of aliphatic imine (C=N–C) groups is 1. The lowest BCUT2D eigenvalue weighted by Crippen LogP contribution is -2.35. The number of aromatic amines is 1. The zero-order valence-electron chi connectivity index (χ0n) is 15.6. The van der Waals surface area contributed by atoms with Gasteiger partial charge in [-0.05, 0) is 36.1 Å². The topological polar surface area (TPSA) is 63.7 Å². The smallest absolute Gasteiger partial charge is 0.246 e. The number of benzene rings is 1. The summed E-state index contributed by atoms with van der Waals surface area (Å²) in [5.41, 5.74) is 3.92. The summed E-state index contributed by atoms with van der Waals surface area (Å²) in [5, 5.41) is 3.21. The molecule has 0 bridgehead atoms. The van der Waals surface area contributed by atoms with Crippen LogP contribution in [0.4, 0.5) is 5.82 Å². The largest absolute Gasteiger partial charge is 0.348 e. The van der Waals surface area contributed by atoms with E-state index in [1.807, 2.05) is 11.1 Å². The molecule has 3 aliphatic heterocycles. The predicted octanol–water partition coefficient (Wildman–Crippen LogP) is 3.37. The van der Waals surface area contributed by atoms with Crippen LogP contribution in [0.1, 0.15) is 47.8 Å². The molecule has 1 spiro atoms. The standard InChI is InChI=1S/C22H23N5O/c1-2-17(28)26-11-8-22-9-12-27(21-16-7-10-23-20(16)24-13-25-21)19(22)15-6-4-3-5-14(15)18(22)26/h2-7,10,13,18-19,21,23H,1,8-9,11-12H2,(H,24,25). The Morgan fingerprint density at radius 3 is 2.75 bits per heavy atom. The molecule has 2 fully saturated rings. The molecule has 2 saturated heterocycles. The summed E-state index contributed by atoms with van der Waals surface area (Å²) >= 11 is 0. The highest BCUT2D eigenvalue weighted by Gasteiger charge is 2.64. The molecule has 0 saturated carbocycles. The third-order valence-corrected chi connectivity index (χ3v) is 7.23. The van der Waals surface area contributed by atoms with Crippen LogP contribution in [0, 0.1) is 5.41 Å². The van der Waals surface area contributed by atoms with Crippen LogP contribution in [0.3, 0.4) is 0 Å². The first kappa shape index (κ1) is 16.1. The molecule has 4 heterocycles. The summed E-state index contributed by atoms with van der Waals surface area (Å²) < 4.78 is 0. The summed E-state index contributed by atoms with van der Waals surface area (Å²) in [5.74, 6) is 1.07. The first-order valence-corrected chi connectivity index (χ1v) is 9.98. The number of anilines is 1. The molecule has 2 N–H and O–H groups in total. The van der Waals surface area contributed by atoms with Crippen molar-refractivity contribution in [3.63, 3.8) is 0 Å². The maximum atomic E-state index is 12.6. The summed E-state index contributed by atoms with van der Waals surface area (Å²) in [6.45, 7) is 5.52. The van der Waals surface area contributed by atoms with E-state index in [1.54, 1.807) is 6.34 Å². The Kier molecular flexibility index (Phi) is 3.21. The van der Waals surface area contributed by atoms with Crippen LogP contribution in [0.15, 0.2) is 54.2 Å². The number of nitrogens with zero attached hydrogens (tertiary/aromatic N) is 3. The van der Waals surface area contributed by atoms with Gasteiger partial charge in [-0.1, -0.05) is 30.8 Å². The van der Waals surface area contributed by atoms with E-state index in [1.165, 1.54) is 22.8 Å². The number of rotatable bonds is 2. The van der Waals surface area contributed by atoms with Crippen LogP contribution < -0.4 is 5.32 Å². The Morgan fingerprint density at radius 1 is 1.14 bits per heavy atom. The normalized spacial score (nSPS) is 32.4. The first-order valence-electron chi connectivity index (χ1n) is 9.98. The van der Waals surface area contributed by atoms with Crippen LogP contribution >= 0.6 is 0 Å². The minimum atomic E-state index is 0.00263. The number of carbonyl (C=O) groups is 1. The predicted molar refractivity (Wildman–Crippen MR) is 108 cm³/mol. The van der Waals surface area contributed by atoms with Crippen molar-refractivity contribution in [1.29, 1.82) is 0 Å². The molecule has 1 aromatic heterocycles. The van der Waals surface area contributed by atoms with Crippen LogP contribution in [-0.2, 0) is 4.79 Å². The number of carbonyl (C=O) groups excluding carboxylic acids is 1. The molecular weight excluding hydrogens is 350 g/mol. The fraction of sp³-hybridized carbons (Fsp3) is 0.364. The Labute approximate surface area is 163 Å². The van der Waals surface area contributed by atoms with Crippen LogP contribution in [0.2, 0.25) is 0 Å². The third-order valence-electron chi connectivity index (χ3n) is 7.23. The number of H-pyrrole nitrogens is 1. The number of aromatic nitrogens is 1. The van der Waals surface area contributed by atoms with Crippen molar-refractivity contribution in [2.75, 3.05) is 18.4 Å². The summed E-state index contributed by atoms with van der Waals surface area (Å²) in [6, 6.07) is 11.2. The molecule has 4 atom stereocenters. The molecule has 28 heavy (non-hydrogen) atoms. The number of hydrogen-bond donors (Lipinski definition) is 2. The van der Waals surface area contributed by atoms with E-state index in [0.29, 0.717) is 0 Å². The molecule has 6 heteroatoms. The highest BCUT2D eigenvalue weighted by Crippen LogP contribution is 2.68. The van der Waals surface area contributed by atoms with E-state index in [2.05, 4.69) is 52.1 Å². The number of hydrogen-bond acceptors (Lipinski definition) is 4. The van der Waals surface area contributed by atoms with E-state index in [9.17, 15) is 4.79 Å². The van der Waals surface area contributed by atoms with Gasteiger partial charge in [-0.2, -0.15) is 0 Å². The Hall–Kier alpha value is -2.86. The van der Waals surface area contributed by atoms with E-state index >= 15 is 0 Å². The van der Waals surface area contributed by atoms with E-state index < -0.39 is 0 Å². The van der Waals surface area contributed by atoms with Gasteiger partial charge in [-0.15, -0.1) is 0 Å². The first-order chi connectivity index (χ1) is 13.7. The van der Waals surface area contributed by atoms with Crippen molar-refractivity contribution < 1.29 is 4.79 Å². The quantitative estimate of drug-likeness (QED) is 0.794. The van der Waals surface area contributed by atoms with Gasteiger partial charge in [-0.25, -0.2) is 0 Å². The van der Waals surface area contributed by atoms with Crippen LogP contribution in [0.5, 0.6) is 0 Å². The molecular formula is C22H23N5O. The van der Waals surface area contributed by atoms with Gasteiger partial charge in [0, 0.05) is 36.3 Å². The lowest BCUT2D eigenvalue weighted by molar-refractivity contribution is -0.127. The van der Waals surface area contributed by atoms with E-state index in [-0.39, 0.29) is 29.6 Å². The van der Waals surface area contributed by atoms with Crippen molar-refractivity contribution >= 4 is 18.1 Å². The number of amides is 1. The maximum Gasteiger partial charge on any atom is 0.246 e. The lowest BCUT2D eigenvalue weighted by Gasteiger charge is -2.36. The van der Waals surface area contributed by atoms with Crippen molar-refractivity contribution in [1.82, 2.24) is 14.8 Å². The van der Waals surface area contributed by atoms with Gasteiger partial charge in [0.2, 0.25) is 5.91 Å². The Morgan fingerprint density at radius 2 is 1.93 bits per heavy atom. The van der Waals surface area contributed by atoms with Crippen molar-refractivity contribution in [2.45, 2.75) is 31.1 Å². The number of likely N-dealkylation sites (tertiary alicyclic amines) is 2. The van der Waals surface area contributed by atoms with Gasteiger partial charge in [0.1, 0.15) is 12.0 Å². The average Bonchev–Trinajstić information content (AvgIpc) is 3.47. The summed E-state index contributed by atoms with van der Waals surface area (Å²) in [6.07, 6.45) is 7.35. The second kappa shape index (κ2) is 5.58. The number of nitrogens with one attached hydrogen (secondary N) is 2. The molecule has 6 rings (SSSR count). The molecule has 4 unspecified atom stereocenters. The molecule has 6 nitrogen and oxygen atoms in total. The Bertz CT molecular complexity index is 1010. The van der Waals surface area contributed by atoms with Crippen LogP contribution in [-0.4, -0.2) is 40.1 Å². The van der Waals surface area contributed by atoms with E-state index in [0.717, 1.165) is 31.7 Å². The van der Waals surface area contributed by atoms with Gasteiger partial charge in [0.05, 0.1) is 12.4 Å². The molecule has 0 radical (unpaired) electrons. The highest BCUT2D eigenvalue weighted by molar-refractivity contribution is 5.88. The van der Waals surface area contributed by atoms with Gasteiger partial charge in [0.25, 0.3) is 0 Å². The fourth-order valence-corrected chi connectivity index (χ4v) is 6.22. The SMILES string of the molecule is C=CC(=O)N1CCC23CCN(C4N=CNc5[nH]ccc54)C2c2ccccc2C13. The van der Waals surface area contributed by atoms with Gasteiger partial charge < -0.3 is 15.2 Å². The maximum absolute atomic E-state index is 12.6. The van der Waals surface area contributed by atoms with Gasteiger partial charge >= 0.3 is 0 Å². The third kappa shape index (κ3) is 1.86. The molecule has 1 aliphatic carbocycles. The van der Waals surface area contributed by atoms with Crippen LogP contribution in [0.25, 0.3) is 0 Å². The van der Waals surface area contributed by atoms with Gasteiger partial charge in [0.15, 0.2) is 0 Å². The van der Waals surface area contributed by atoms with Crippen molar-refractivity contribution in [2.24, 2.45) is 10.4 Å². The monoisotopic (exact) mass is 373 g/mol. The minimum absolute atomic E-state index is 0.00263. The zero-order valence-corrected chi connectivity index (χ0v) is 15.6. The zero-order chi connectivity index (χ0) is 18.9. The minimum Gasteiger partial charge on any atom is -0.348 e. The Balaban J connectivity index is 1.48. The fourth-order valence-electron chi connectivity index (χ4n) is 6.22. The van der Waals surface area contributed by atoms with Crippen molar-refractivity contribution in [3.05, 3.63) is 65.9 Å². The summed E-state index contributed by atoms with van der Waals surface area (Å²) in [7, 11) is 0. The molecule has 142 valence electrons. The summed E-state index contributed by atoms with van der Waals surface area (Å²) in [4.78, 5) is 25.3. The molecule has 4 aliphatic rings. The van der Waals surface area contributed by atoms with E-state index in [4.69, 9.17) is 4.99 Å². The average molecular weight is 373 g/mol. The second-order valence-corrected chi connectivity index (χ2v) is 8.24. The highest BCUT2D eigenvalue weighted by atomic mass is 16.2. The second-order valence-electron chi connectivity index (χ2n) is 8.24. The number of fused-ring (bicyclic) bond motifs is 4. The lowest BCUT2D eigenvalue weighted by atomic mass is 9.77. The van der Waals surface area contributed by atoms with Crippen molar-refractivity contribution in [3.8, 4) is 0 Å².